The van der Waals surface area contributed by atoms with Crippen LogP contribution in [0.1, 0.15) is 24.1 Å². The smallest absolute Gasteiger partial charge is 0.126 e. The summed E-state index contributed by atoms with van der Waals surface area (Å²) in [6, 6.07) is 4.27. The molecule has 0 amide bonds. The van der Waals surface area contributed by atoms with Crippen LogP contribution in [0.3, 0.4) is 0 Å². The second-order valence-electron chi connectivity index (χ2n) is 3.93. The maximum Gasteiger partial charge on any atom is 0.126 e. The molecular formula is C12H18N2O. The highest BCUT2D eigenvalue weighted by Crippen LogP contribution is 2.20. The summed E-state index contributed by atoms with van der Waals surface area (Å²) in [5.41, 5.74) is 2.71. The Labute approximate surface area is 90.9 Å². The Hall–Kier alpha value is -1.09. The number of nitrogens with zero attached hydrogens (tertiary/aromatic N) is 1. The van der Waals surface area contributed by atoms with Crippen LogP contribution in [0.2, 0.25) is 0 Å². The first-order chi connectivity index (χ1) is 7.40. The van der Waals surface area contributed by atoms with Gasteiger partial charge in [0.2, 0.25) is 0 Å². The summed E-state index contributed by atoms with van der Waals surface area (Å²) in [7, 11) is 1.71. The van der Waals surface area contributed by atoms with E-state index in [1.165, 1.54) is 30.5 Å². The molecule has 0 bridgehead atoms. The fraction of sp³-hybridized carbons (Fsp3) is 0.583. The molecule has 0 saturated carbocycles. The fourth-order valence-electron chi connectivity index (χ4n) is 1.96. The van der Waals surface area contributed by atoms with E-state index in [0.717, 1.165) is 25.4 Å². The van der Waals surface area contributed by atoms with Gasteiger partial charge in [0.1, 0.15) is 5.82 Å². The minimum atomic E-state index is 0.721. The number of fused-ring (bicyclic) bond motifs is 1. The third-order valence-electron chi connectivity index (χ3n) is 2.79. The zero-order chi connectivity index (χ0) is 10.5. The topological polar surface area (TPSA) is 34.1 Å². The molecule has 1 aromatic rings. The molecule has 82 valence electrons. The van der Waals surface area contributed by atoms with Gasteiger partial charge in [-0.25, -0.2) is 4.98 Å². The number of nitrogens with one attached hydrogen (secondary N) is 1. The molecule has 1 aromatic heterocycles. The van der Waals surface area contributed by atoms with Crippen molar-refractivity contribution in [3.63, 3.8) is 0 Å². The first-order valence-electron chi connectivity index (χ1n) is 5.62. The summed E-state index contributed by atoms with van der Waals surface area (Å²) in [6.45, 7) is 1.54. The van der Waals surface area contributed by atoms with Crippen molar-refractivity contribution in [2.24, 2.45) is 0 Å². The van der Waals surface area contributed by atoms with Crippen LogP contribution in [0, 0.1) is 0 Å². The van der Waals surface area contributed by atoms with E-state index in [1.54, 1.807) is 7.11 Å². The number of aromatic nitrogens is 1. The van der Waals surface area contributed by atoms with E-state index in [4.69, 9.17) is 4.74 Å². The zero-order valence-electron chi connectivity index (χ0n) is 9.25. The molecule has 0 spiro atoms. The summed E-state index contributed by atoms with van der Waals surface area (Å²) in [5, 5.41) is 3.26. The molecule has 3 heteroatoms. The number of rotatable bonds is 4. The van der Waals surface area contributed by atoms with Gasteiger partial charge in [-0.05, 0) is 37.3 Å². The van der Waals surface area contributed by atoms with Crippen molar-refractivity contribution in [2.75, 3.05) is 25.6 Å². The standard InChI is InChI=1S/C12H18N2O/c1-15-9-8-13-12-7-6-10-4-2-3-5-11(10)14-12/h6-7H,2-5,8-9H2,1H3,(H,13,14). The monoisotopic (exact) mass is 206 g/mol. The first-order valence-corrected chi connectivity index (χ1v) is 5.62. The number of aryl methyl sites for hydroxylation is 2. The van der Waals surface area contributed by atoms with E-state index in [9.17, 15) is 0 Å². The lowest BCUT2D eigenvalue weighted by Gasteiger charge is -2.15. The molecule has 1 heterocycles. The first kappa shape index (κ1) is 10.4. The average molecular weight is 206 g/mol. The molecule has 0 aliphatic heterocycles. The summed E-state index contributed by atoms with van der Waals surface area (Å²) in [5.74, 6) is 0.979. The van der Waals surface area contributed by atoms with Gasteiger partial charge in [-0.1, -0.05) is 6.07 Å². The van der Waals surface area contributed by atoms with Crippen LogP contribution in [0.4, 0.5) is 5.82 Å². The third kappa shape index (κ3) is 2.69. The van der Waals surface area contributed by atoms with Gasteiger partial charge in [-0.2, -0.15) is 0 Å². The number of methoxy groups -OCH3 is 1. The Bertz CT molecular complexity index is 325. The van der Waals surface area contributed by atoms with Crippen molar-refractivity contribution in [1.29, 1.82) is 0 Å². The summed E-state index contributed by atoms with van der Waals surface area (Å²) < 4.78 is 4.99. The van der Waals surface area contributed by atoms with Gasteiger partial charge >= 0.3 is 0 Å². The lowest BCUT2D eigenvalue weighted by molar-refractivity contribution is 0.210. The Morgan fingerprint density at radius 2 is 2.20 bits per heavy atom. The molecule has 0 saturated heterocycles. The van der Waals surface area contributed by atoms with Crippen LogP contribution >= 0.6 is 0 Å². The van der Waals surface area contributed by atoms with Crippen LogP contribution in [-0.4, -0.2) is 25.2 Å². The lowest BCUT2D eigenvalue weighted by Crippen LogP contribution is -2.11. The van der Waals surface area contributed by atoms with Crippen molar-refractivity contribution in [1.82, 2.24) is 4.98 Å². The Morgan fingerprint density at radius 3 is 3.07 bits per heavy atom. The number of anilines is 1. The number of ether oxygens (including phenoxy) is 1. The Morgan fingerprint density at radius 1 is 1.33 bits per heavy atom. The van der Waals surface area contributed by atoms with Gasteiger partial charge in [0.05, 0.1) is 6.61 Å². The molecule has 2 rings (SSSR count). The van der Waals surface area contributed by atoms with Crippen LogP contribution < -0.4 is 5.32 Å². The molecule has 0 aromatic carbocycles. The van der Waals surface area contributed by atoms with E-state index in [2.05, 4.69) is 22.4 Å². The average Bonchev–Trinajstić information content (AvgIpc) is 2.29. The van der Waals surface area contributed by atoms with E-state index in [-0.39, 0.29) is 0 Å². The van der Waals surface area contributed by atoms with E-state index < -0.39 is 0 Å². The molecule has 1 N–H and O–H groups in total. The van der Waals surface area contributed by atoms with Gasteiger partial charge < -0.3 is 10.1 Å². The van der Waals surface area contributed by atoms with Gasteiger partial charge in [-0.15, -0.1) is 0 Å². The normalized spacial score (nSPS) is 14.7. The second kappa shape index (κ2) is 5.12. The SMILES string of the molecule is COCCNc1ccc2c(n1)CCCC2. The van der Waals surface area contributed by atoms with Gasteiger partial charge in [0.25, 0.3) is 0 Å². The minimum absolute atomic E-state index is 0.721. The van der Waals surface area contributed by atoms with Crippen molar-refractivity contribution in [2.45, 2.75) is 25.7 Å². The largest absolute Gasteiger partial charge is 0.383 e. The molecule has 1 aliphatic rings. The number of hydrogen-bond donors (Lipinski definition) is 1. The third-order valence-corrected chi connectivity index (χ3v) is 2.79. The number of hydrogen-bond acceptors (Lipinski definition) is 3. The molecule has 0 radical (unpaired) electrons. The van der Waals surface area contributed by atoms with E-state index in [0.29, 0.717) is 0 Å². The lowest BCUT2D eigenvalue weighted by atomic mass is 9.96. The minimum Gasteiger partial charge on any atom is -0.383 e. The quantitative estimate of drug-likeness (QED) is 0.765. The van der Waals surface area contributed by atoms with Gasteiger partial charge in [0, 0.05) is 19.3 Å². The molecule has 0 atom stereocenters. The van der Waals surface area contributed by atoms with Crippen LogP contribution in [-0.2, 0) is 17.6 Å². The fourth-order valence-corrected chi connectivity index (χ4v) is 1.96. The predicted octanol–water partition coefficient (Wildman–Crippen LogP) is 2.02. The molecular weight excluding hydrogens is 188 g/mol. The molecule has 0 unspecified atom stereocenters. The molecule has 15 heavy (non-hydrogen) atoms. The zero-order valence-corrected chi connectivity index (χ0v) is 9.25. The maximum absolute atomic E-state index is 4.99. The highest BCUT2D eigenvalue weighted by atomic mass is 16.5. The second-order valence-corrected chi connectivity index (χ2v) is 3.93. The van der Waals surface area contributed by atoms with Crippen molar-refractivity contribution in [3.05, 3.63) is 23.4 Å². The highest BCUT2D eigenvalue weighted by molar-refractivity contribution is 5.39. The van der Waals surface area contributed by atoms with Crippen LogP contribution in [0.25, 0.3) is 0 Å². The van der Waals surface area contributed by atoms with Crippen molar-refractivity contribution < 1.29 is 4.74 Å². The molecule has 3 nitrogen and oxygen atoms in total. The van der Waals surface area contributed by atoms with Crippen LogP contribution in [0.15, 0.2) is 12.1 Å². The van der Waals surface area contributed by atoms with E-state index in [1.807, 2.05) is 0 Å². The highest BCUT2D eigenvalue weighted by Gasteiger charge is 2.10. The molecule has 1 aliphatic carbocycles. The summed E-state index contributed by atoms with van der Waals surface area (Å²) >= 11 is 0. The van der Waals surface area contributed by atoms with Gasteiger partial charge in [-0.3, -0.25) is 0 Å². The summed E-state index contributed by atoms with van der Waals surface area (Å²) in [6.07, 6.45) is 4.92. The Balaban J connectivity index is 2.00. The van der Waals surface area contributed by atoms with Crippen LogP contribution in [0.5, 0.6) is 0 Å². The van der Waals surface area contributed by atoms with E-state index >= 15 is 0 Å². The Kier molecular flexibility index (Phi) is 3.56. The van der Waals surface area contributed by atoms with Crippen molar-refractivity contribution >= 4 is 5.82 Å². The number of pyridine rings is 1. The van der Waals surface area contributed by atoms with Crippen molar-refractivity contribution in [3.8, 4) is 0 Å². The molecule has 0 fully saturated rings. The van der Waals surface area contributed by atoms with Gasteiger partial charge in [0.15, 0.2) is 0 Å². The summed E-state index contributed by atoms with van der Waals surface area (Å²) in [4.78, 5) is 4.62. The maximum atomic E-state index is 4.99. The predicted molar refractivity (Wildman–Crippen MR) is 61.2 cm³/mol.